The topological polar surface area (TPSA) is 77.8 Å². The summed E-state index contributed by atoms with van der Waals surface area (Å²) in [6.07, 6.45) is -1.68. The maximum atomic E-state index is 10.6. The second kappa shape index (κ2) is 4.31. The number of carboxylic acids is 1. The maximum Gasteiger partial charge on any atom is 0.337 e. The van der Waals surface area contributed by atoms with Gasteiger partial charge in [0.1, 0.15) is 5.75 Å². The number of rotatable bonds is 3. The predicted molar refractivity (Wildman–Crippen MR) is 54.8 cm³/mol. The summed E-state index contributed by atoms with van der Waals surface area (Å²) >= 11 is 0. The minimum Gasteiger partial charge on any atom is -0.507 e. The van der Waals surface area contributed by atoms with Gasteiger partial charge in [0.05, 0.1) is 0 Å². The number of carbonyl (C=O) groups is 1. The van der Waals surface area contributed by atoms with Crippen molar-refractivity contribution in [2.45, 2.75) is 25.9 Å². The van der Waals surface area contributed by atoms with Crippen molar-refractivity contribution >= 4 is 5.97 Å². The molecule has 0 heterocycles. The van der Waals surface area contributed by atoms with Crippen LogP contribution in [0.15, 0.2) is 18.2 Å². The molecule has 0 aromatic heterocycles. The Balaban J connectivity index is 3.21. The van der Waals surface area contributed by atoms with Crippen LogP contribution in [0.2, 0.25) is 0 Å². The van der Waals surface area contributed by atoms with Crippen molar-refractivity contribution in [3.63, 3.8) is 0 Å². The van der Waals surface area contributed by atoms with Crippen molar-refractivity contribution in [3.05, 3.63) is 29.3 Å². The largest absolute Gasteiger partial charge is 0.507 e. The molecule has 0 fully saturated rings. The fourth-order valence-electron chi connectivity index (χ4n) is 1.40. The fourth-order valence-corrected chi connectivity index (χ4v) is 1.40. The van der Waals surface area contributed by atoms with E-state index < -0.39 is 12.1 Å². The molecule has 1 aromatic rings. The second-order valence-corrected chi connectivity index (χ2v) is 3.68. The highest BCUT2D eigenvalue weighted by molar-refractivity contribution is 5.75. The quantitative estimate of drug-likeness (QED) is 0.708. The minimum absolute atomic E-state index is 0.0358. The zero-order valence-electron chi connectivity index (χ0n) is 8.64. The van der Waals surface area contributed by atoms with Crippen molar-refractivity contribution in [2.75, 3.05) is 0 Å². The molecule has 1 rings (SSSR count). The number of aromatic hydroxyl groups is 1. The maximum absolute atomic E-state index is 10.6. The number of aliphatic hydroxyl groups excluding tert-OH is 1. The molecular formula is C11H14O4. The molecule has 15 heavy (non-hydrogen) atoms. The van der Waals surface area contributed by atoms with Gasteiger partial charge in [-0.15, -0.1) is 0 Å². The molecule has 0 aliphatic carbocycles. The van der Waals surface area contributed by atoms with Gasteiger partial charge in [-0.05, 0) is 11.5 Å². The zero-order valence-corrected chi connectivity index (χ0v) is 8.64. The summed E-state index contributed by atoms with van der Waals surface area (Å²) in [6, 6.07) is 4.73. The second-order valence-electron chi connectivity index (χ2n) is 3.68. The average molecular weight is 210 g/mol. The van der Waals surface area contributed by atoms with Crippen LogP contribution in [0.5, 0.6) is 5.75 Å². The Morgan fingerprint density at radius 1 is 1.27 bits per heavy atom. The number of aliphatic carboxylic acids is 1. The molecule has 4 nitrogen and oxygen atoms in total. The van der Waals surface area contributed by atoms with Crippen LogP contribution in [0.4, 0.5) is 0 Å². The minimum atomic E-state index is -1.68. The van der Waals surface area contributed by atoms with E-state index in [4.69, 9.17) is 5.11 Å². The van der Waals surface area contributed by atoms with Crippen LogP contribution in [-0.4, -0.2) is 21.3 Å². The van der Waals surface area contributed by atoms with E-state index in [0.29, 0.717) is 5.56 Å². The molecule has 0 aliphatic rings. The van der Waals surface area contributed by atoms with E-state index in [1.165, 1.54) is 6.07 Å². The molecule has 4 heteroatoms. The third-order valence-electron chi connectivity index (χ3n) is 2.25. The van der Waals surface area contributed by atoms with Gasteiger partial charge in [0.15, 0.2) is 6.10 Å². The summed E-state index contributed by atoms with van der Waals surface area (Å²) in [7, 11) is 0. The Bertz CT molecular complexity index is 371. The fraction of sp³-hybridized carbons (Fsp3) is 0.364. The number of carboxylic acid groups (broad SMARTS) is 1. The Morgan fingerprint density at radius 3 is 2.27 bits per heavy atom. The number of benzene rings is 1. The Morgan fingerprint density at radius 2 is 1.80 bits per heavy atom. The first-order chi connectivity index (χ1) is 6.95. The van der Waals surface area contributed by atoms with Gasteiger partial charge >= 0.3 is 5.97 Å². The van der Waals surface area contributed by atoms with Crippen molar-refractivity contribution in [1.82, 2.24) is 0 Å². The molecule has 0 amide bonds. The van der Waals surface area contributed by atoms with Gasteiger partial charge in [-0.1, -0.05) is 32.0 Å². The molecule has 0 saturated heterocycles. The molecule has 1 atom stereocenters. The van der Waals surface area contributed by atoms with Crippen molar-refractivity contribution in [3.8, 4) is 5.75 Å². The standard InChI is InChI=1S/C11H14O4/c1-6(2)7-4-3-5-8(9(7)12)10(13)11(14)15/h3-6,10,12-13H,1-2H3,(H,14,15). The van der Waals surface area contributed by atoms with E-state index in [9.17, 15) is 15.0 Å². The van der Waals surface area contributed by atoms with Gasteiger partial charge in [-0.2, -0.15) is 0 Å². The van der Waals surface area contributed by atoms with E-state index in [1.807, 2.05) is 13.8 Å². The molecule has 1 unspecified atom stereocenters. The molecule has 0 bridgehead atoms. The van der Waals surface area contributed by atoms with Crippen LogP contribution >= 0.6 is 0 Å². The Kier molecular flexibility index (Phi) is 3.31. The number of para-hydroxylation sites is 1. The normalized spacial score (nSPS) is 12.8. The molecule has 0 spiro atoms. The van der Waals surface area contributed by atoms with Crippen LogP contribution < -0.4 is 0 Å². The molecule has 0 aliphatic heterocycles. The van der Waals surface area contributed by atoms with Crippen molar-refractivity contribution < 1.29 is 20.1 Å². The smallest absolute Gasteiger partial charge is 0.337 e. The highest BCUT2D eigenvalue weighted by Gasteiger charge is 2.21. The highest BCUT2D eigenvalue weighted by Crippen LogP contribution is 2.32. The monoisotopic (exact) mass is 210 g/mol. The summed E-state index contributed by atoms with van der Waals surface area (Å²) in [4.78, 5) is 10.6. The summed E-state index contributed by atoms with van der Waals surface area (Å²) in [5.41, 5.74) is 0.668. The van der Waals surface area contributed by atoms with Crippen LogP contribution in [0.25, 0.3) is 0 Å². The van der Waals surface area contributed by atoms with Crippen LogP contribution in [0.3, 0.4) is 0 Å². The van der Waals surface area contributed by atoms with Gasteiger partial charge < -0.3 is 15.3 Å². The molecule has 0 saturated carbocycles. The number of hydrogen-bond donors (Lipinski definition) is 3. The third-order valence-corrected chi connectivity index (χ3v) is 2.25. The molecule has 0 radical (unpaired) electrons. The Hall–Kier alpha value is -1.55. The third kappa shape index (κ3) is 2.27. The van der Waals surface area contributed by atoms with E-state index in [2.05, 4.69) is 0 Å². The lowest BCUT2D eigenvalue weighted by atomic mass is 9.97. The van der Waals surface area contributed by atoms with Crippen molar-refractivity contribution in [1.29, 1.82) is 0 Å². The predicted octanol–water partition coefficient (Wildman–Crippen LogP) is 1.63. The summed E-state index contributed by atoms with van der Waals surface area (Å²) in [5, 5.41) is 27.7. The van der Waals surface area contributed by atoms with Crippen LogP contribution in [0, 0.1) is 0 Å². The lowest BCUT2D eigenvalue weighted by Gasteiger charge is -2.13. The summed E-state index contributed by atoms with van der Waals surface area (Å²) in [6.45, 7) is 3.76. The lowest BCUT2D eigenvalue weighted by Crippen LogP contribution is -2.11. The number of phenols is 1. The number of aliphatic hydroxyl groups is 1. The first-order valence-corrected chi connectivity index (χ1v) is 4.67. The zero-order chi connectivity index (χ0) is 11.6. The number of hydrogen-bond acceptors (Lipinski definition) is 3. The van der Waals surface area contributed by atoms with Gasteiger partial charge in [0.25, 0.3) is 0 Å². The van der Waals surface area contributed by atoms with Crippen LogP contribution in [0.1, 0.15) is 37.0 Å². The molecule has 82 valence electrons. The van der Waals surface area contributed by atoms with E-state index in [0.717, 1.165) is 0 Å². The molecule has 1 aromatic carbocycles. The van der Waals surface area contributed by atoms with Gasteiger partial charge in [0, 0.05) is 5.56 Å². The highest BCUT2D eigenvalue weighted by atomic mass is 16.4. The van der Waals surface area contributed by atoms with Crippen LogP contribution in [-0.2, 0) is 4.79 Å². The van der Waals surface area contributed by atoms with E-state index >= 15 is 0 Å². The summed E-state index contributed by atoms with van der Waals surface area (Å²) < 4.78 is 0. The average Bonchev–Trinajstić information content (AvgIpc) is 2.16. The Labute approximate surface area is 87.8 Å². The van der Waals surface area contributed by atoms with E-state index in [1.54, 1.807) is 12.1 Å². The van der Waals surface area contributed by atoms with E-state index in [-0.39, 0.29) is 17.2 Å². The summed E-state index contributed by atoms with van der Waals surface area (Å²) in [5.74, 6) is -1.43. The number of phenolic OH excluding ortho intramolecular Hbond substituents is 1. The lowest BCUT2D eigenvalue weighted by molar-refractivity contribution is -0.147. The first-order valence-electron chi connectivity index (χ1n) is 4.67. The molecule has 3 N–H and O–H groups in total. The van der Waals surface area contributed by atoms with Gasteiger partial charge in [-0.25, -0.2) is 4.79 Å². The van der Waals surface area contributed by atoms with Gasteiger partial charge in [-0.3, -0.25) is 0 Å². The first kappa shape index (κ1) is 11.5. The van der Waals surface area contributed by atoms with Crippen molar-refractivity contribution in [2.24, 2.45) is 0 Å². The molecular weight excluding hydrogens is 196 g/mol. The SMILES string of the molecule is CC(C)c1cccc(C(O)C(=O)O)c1O. The van der Waals surface area contributed by atoms with Gasteiger partial charge in [0.2, 0.25) is 0 Å².